The van der Waals surface area contributed by atoms with Gasteiger partial charge in [0.15, 0.2) is 0 Å². The topological polar surface area (TPSA) is 111 Å². The van der Waals surface area contributed by atoms with Crippen LogP contribution in [-0.2, 0) is 4.74 Å². The first-order valence-electron chi connectivity index (χ1n) is 11.6. The molecule has 8 heteroatoms. The first kappa shape index (κ1) is 24.5. The zero-order chi connectivity index (χ0) is 25.3. The second kappa shape index (κ2) is 11.7. The number of hydrogen-bond acceptors (Lipinski definition) is 7. The third-order valence-electron chi connectivity index (χ3n) is 5.26. The number of carbonyl (C=O) groups is 1. The summed E-state index contributed by atoms with van der Waals surface area (Å²) in [5.41, 5.74) is 8.31. The summed E-state index contributed by atoms with van der Waals surface area (Å²) >= 11 is 0. The number of nitrogens with two attached hydrogens (primary N) is 1. The highest BCUT2D eigenvalue weighted by Crippen LogP contribution is 2.32. The zero-order valence-electron chi connectivity index (χ0n) is 20.0. The average molecular weight is 482 g/mol. The van der Waals surface area contributed by atoms with Gasteiger partial charge in [-0.1, -0.05) is 37.1 Å². The Bertz CT molecular complexity index is 1410. The van der Waals surface area contributed by atoms with E-state index in [2.05, 4.69) is 26.5 Å². The van der Waals surface area contributed by atoms with E-state index in [-0.39, 0.29) is 5.91 Å². The summed E-state index contributed by atoms with van der Waals surface area (Å²) in [5, 5.41) is 7.72. The molecule has 0 spiro atoms. The first-order chi connectivity index (χ1) is 17.6. The molecule has 4 rings (SSSR count). The van der Waals surface area contributed by atoms with Gasteiger partial charge in [0.2, 0.25) is 11.8 Å². The third-order valence-corrected chi connectivity index (χ3v) is 5.26. The molecule has 0 radical (unpaired) electrons. The average Bonchev–Trinajstić information content (AvgIpc) is 2.90. The summed E-state index contributed by atoms with van der Waals surface area (Å²) in [6.07, 6.45) is 8.12. The maximum Gasteiger partial charge on any atom is 0.251 e. The van der Waals surface area contributed by atoms with Gasteiger partial charge in [0, 0.05) is 58.7 Å². The zero-order valence-corrected chi connectivity index (χ0v) is 20.0. The SMILES string of the molecule is C#Cc1cc(Nc2nccc(Oc3ccc(N)c4ccccc34)n2)cc(C(=O)NCCOCCC)c1. The van der Waals surface area contributed by atoms with Gasteiger partial charge in [-0.05, 0) is 36.8 Å². The number of terminal acetylenes is 1. The Morgan fingerprint density at radius 2 is 1.92 bits per heavy atom. The van der Waals surface area contributed by atoms with Gasteiger partial charge in [-0.3, -0.25) is 4.79 Å². The quantitative estimate of drug-likeness (QED) is 0.168. The van der Waals surface area contributed by atoms with E-state index < -0.39 is 0 Å². The van der Waals surface area contributed by atoms with E-state index >= 15 is 0 Å². The minimum Gasteiger partial charge on any atom is -0.438 e. The van der Waals surface area contributed by atoms with Crippen LogP contribution in [0.4, 0.5) is 17.3 Å². The van der Waals surface area contributed by atoms with Crippen molar-refractivity contribution in [3.8, 4) is 24.0 Å². The molecule has 1 aromatic heterocycles. The lowest BCUT2D eigenvalue weighted by molar-refractivity contribution is 0.0915. The van der Waals surface area contributed by atoms with Crippen molar-refractivity contribution >= 4 is 34.0 Å². The van der Waals surface area contributed by atoms with E-state index in [9.17, 15) is 4.79 Å². The van der Waals surface area contributed by atoms with Crippen molar-refractivity contribution in [2.45, 2.75) is 13.3 Å². The minimum atomic E-state index is -0.247. The highest BCUT2D eigenvalue weighted by Gasteiger charge is 2.11. The molecule has 8 nitrogen and oxygen atoms in total. The maximum atomic E-state index is 12.6. The lowest BCUT2D eigenvalue weighted by Crippen LogP contribution is -2.27. The number of fused-ring (bicyclic) bond motifs is 1. The van der Waals surface area contributed by atoms with E-state index in [0.717, 1.165) is 17.2 Å². The molecule has 0 atom stereocenters. The van der Waals surface area contributed by atoms with Crippen LogP contribution in [-0.4, -0.2) is 35.6 Å². The Morgan fingerprint density at radius 1 is 1.08 bits per heavy atom. The number of anilines is 3. The third kappa shape index (κ3) is 6.09. The molecule has 0 aliphatic carbocycles. The molecule has 4 aromatic rings. The van der Waals surface area contributed by atoms with Gasteiger partial charge in [-0.15, -0.1) is 6.42 Å². The molecule has 0 fully saturated rings. The lowest BCUT2D eigenvalue weighted by atomic mass is 10.1. The fraction of sp³-hybridized carbons (Fsp3) is 0.179. The molecule has 0 aliphatic heterocycles. The van der Waals surface area contributed by atoms with Crippen LogP contribution in [0.25, 0.3) is 10.8 Å². The molecule has 0 aliphatic rings. The highest BCUT2D eigenvalue weighted by atomic mass is 16.5. The summed E-state index contributed by atoms with van der Waals surface area (Å²) in [7, 11) is 0. The smallest absolute Gasteiger partial charge is 0.251 e. The highest BCUT2D eigenvalue weighted by molar-refractivity contribution is 5.97. The maximum absolute atomic E-state index is 12.6. The van der Waals surface area contributed by atoms with Crippen molar-refractivity contribution < 1.29 is 14.3 Å². The number of nitrogens with one attached hydrogen (secondary N) is 2. The van der Waals surface area contributed by atoms with Gasteiger partial charge in [0.1, 0.15) is 5.75 Å². The first-order valence-corrected chi connectivity index (χ1v) is 11.6. The Labute approximate surface area is 209 Å². The van der Waals surface area contributed by atoms with Gasteiger partial charge in [-0.25, -0.2) is 4.98 Å². The number of benzene rings is 3. The van der Waals surface area contributed by atoms with Gasteiger partial charge in [0.25, 0.3) is 5.91 Å². The lowest BCUT2D eigenvalue weighted by Gasteiger charge is -2.12. The van der Waals surface area contributed by atoms with Crippen LogP contribution in [0.15, 0.2) is 66.9 Å². The Kier molecular flexibility index (Phi) is 7.96. The van der Waals surface area contributed by atoms with Crippen LogP contribution >= 0.6 is 0 Å². The van der Waals surface area contributed by atoms with Crippen LogP contribution in [0.2, 0.25) is 0 Å². The number of nitrogens with zero attached hydrogens (tertiary/aromatic N) is 2. The fourth-order valence-electron chi connectivity index (χ4n) is 3.58. The molecule has 0 bridgehead atoms. The summed E-state index contributed by atoms with van der Waals surface area (Å²) in [6, 6.07) is 18.1. The van der Waals surface area contributed by atoms with E-state index in [1.165, 1.54) is 0 Å². The number of hydrogen-bond donors (Lipinski definition) is 3. The van der Waals surface area contributed by atoms with Crippen molar-refractivity contribution in [3.63, 3.8) is 0 Å². The number of nitrogen functional groups attached to an aromatic ring is 1. The molecular weight excluding hydrogens is 454 g/mol. The van der Waals surface area contributed by atoms with Crippen LogP contribution in [0, 0.1) is 12.3 Å². The molecule has 0 unspecified atom stereocenters. The summed E-state index contributed by atoms with van der Waals surface area (Å²) in [6.45, 7) is 3.55. The summed E-state index contributed by atoms with van der Waals surface area (Å²) < 4.78 is 11.5. The van der Waals surface area contributed by atoms with Gasteiger partial charge in [-0.2, -0.15) is 4.98 Å². The van der Waals surface area contributed by atoms with Gasteiger partial charge >= 0.3 is 0 Å². The van der Waals surface area contributed by atoms with Crippen LogP contribution in [0.3, 0.4) is 0 Å². The number of amides is 1. The number of carbonyl (C=O) groups excluding carboxylic acids is 1. The van der Waals surface area contributed by atoms with Gasteiger partial charge < -0.3 is 25.8 Å². The molecule has 0 saturated heterocycles. The van der Waals surface area contributed by atoms with Crippen LogP contribution in [0.1, 0.15) is 29.3 Å². The second-order valence-electron chi connectivity index (χ2n) is 7.96. The Balaban J connectivity index is 1.50. The monoisotopic (exact) mass is 481 g/mol. The van der Waals surface area contributed by atoms with Crippen molar-refractivity contribution in [2.75, 3.05) is 30.8 Å². The van der Waals surface area contributed by atoms with Gasteiger partial charge in [0.05, 0.1) is 6.61 Å². The van der Waals surface area contributed by atoms with E-state index in [0.29, 0.717) is 59.8 Å². The predicted molar refractivity (Wildman–Crippen MR) is 142 cm³/mol. The standard InChI is InChI=1S/C28H27N5O3/c1-3-14-35-15-13-30-27(34)20-16-19(4-2)17-21(18-20)32-28-31-12-11-26(33-28)36-25-10-9-24(29)22-7-5-6-8-23(22)25/h2,5-12,16-18H,3,13-15,29H2,1H3,(H,30,34)(H,31,32,33). The van der Waals surface area contributed by atoms with E-state index in [1.807, 2.05) is 31.2 Å². The Hall–Kier alpha value is -4.61. The molecule has 3 aromatic carbocycles. The normalized spacial score (nSPS) is 10.6. The second-order valence-corrected chi connectivity index (χ2v) is 7.96. The number of aromatic nitrogens is 2. The molecule has 36 heavy (non-hydrogen) atoms. The van der Waals surface area contributed by atoms with Crippen LogP contribution in [0.5, 0.6) is 11.6 Å². The van der Waals surface area contributed by atoms with Crippen molar-refractivity contribution in [1.29, 1.82) is 0 Å². The predicted octanol–water partition coefficient (Wildman–Crippen LogP) is 4.89. The molecular formula is C28H27N5O3. The fourth-order valence-corrected chi connectivity index (χ4v) is 3.58. The van der Waals surface area contributed by atoms with E-state index in [1.54, 1.807) is 42.6 Å². The molecule has 1 amide bonds. The van der Waals surface area contributed by atoms with Crippen molar-refractivity contribution in [1.82, 2.24) is 15.3 Å². The van der Waals surface area contributed by atoms with Crippen LogP contribution < -0.4 is 21.1 Å². The summed E-state index contributed by atoms with van der Waals surface area (Å²) in [4.78, 5) is 21.3. The Morgan fingerprint density at radius 3 is 2.72 bits per heavy atom. The number of ether oxygens (including phenoxy) is 2. The molecule has 1 heterocycles. The molecule has 4 N–H and O–H groups in total. The molecule has 0 saturated carbocycles. The van der Waals surface area contributed by atoms with E-state index in [4.69, 9.17) is 21.6 Å². The van der Waals surface area contributed by atoms with Crippen molar-refractivity contribution in [2.24, 2.45) is 0 Å². The molecule has 182 valence electrons. The summed E-state index contributed by atoms with van der Waals surface area (Å²) in [5.74, 6) is 3.60. The van der Waals surface area contributed by atoms with Crippen molar-refractivity contribution in [3.05, 3.63) is 78.0 Å². The number of rotatable bonds is 10. The largest absolute Gasteiger partial charge is 0.438 e. The minimum absolute atomic E-state index is 0.247.